The van der Waals surface area contributed by atoms with Crippen LogP contribution >= 0.6 is 11.6 Å². The Hall–Kier alpha value is -2.46. The second-order valence-corrected chi connectivity index (χ2v) is 5.07. The number of hydrogen-bond acceptors (Lipinski definition) is 3. The molecule has 0 amide bonds. The second kappa shape index (κ2) is 5.14. The Balaban J connectivity index is 2.38. The van der Waals surface area contributed by atoms with Crippen LogP contribution in [0.15, 0.2) is 47.3 Å². The predicted octanol–water partition coefficient (Wildman–Crippen LogP) is 3.44. The number of para-hydroxylation sites is 1. The van der Waals surface area contributed by atoms with Crippen molar-refractivity contribution in [3.8, 4) is 16.9 Å². The summed E-state index contributed by atoms with van der Waals surface area (Å²) in [6.07, 6.45) is 0. The van der Waals surface area contributed by atoms with Crippen molar-refractivity contribution < 1.29 is 4.74 Å². The second-order valence-electron chi connectivity index (χ2n) is 4.63. The molecular weight excluding hydrogens is 288 g/mol. The van der Waals surface area contributed by atoms with Gasteiger partial charge in [-0.3, -0.25) is 4.79 Å². The third kappa shape index (κ3) is 2.23. The summed E-state index contributed by atoms with van der Waals surface area (Å²) >= 11 is 5.94. The number of nitrogens with one attached hydrogen (secondary N) is 1. The highest BCUT2D eigenvalue weighted by atomic mass is 35.5. The molecule has 0 aliphatic carbocycles. The Morgan fingerprint density at radius 2 is 1.95 bits per heavy atom. The molecule has 0 saturated heterocycles. The van der Waals surface area contributed by atoms with Crippen LogP contribution in [0.25, 0.3) is 22.0 Å². The molecule has 0 saturated carbocycles. The number of halogens is 1. The summed E-state index contributed by atoms with van der Waals surface area (Å²) in [6.45, 7) is 0. The van der Waals surface area contributed by atoms with E-state index in [0.717, 1.165) is 5.39 Å². The van der Waals surface area contributed by atoms with E-state index in [1.807, 2.05) is 18.2 Å². The molecular formula is C16H13ClN2O2. The van der Waals surface area contributed by atoms with Crippen molar-refractivity contribution in [1.82, 2.24) is 4.98 Å². The van der Waals surface area contributed by atoms with Gasteiger partial charge in [0.1, 0.15) is 5.75 Å². The number of methoxy groups -OCH3 is 1. The summed E-state index contributed by atoms with van der Waals surface area (Å²) in [6, 6.07) is 12.5. The van der Waals surface area contributed by atoms with E-state index in [9.17, 15) is 4.79 Å². The van der Waals surface area contributed by atoms with Crippen LogP contribution in [0, 0.1) is 0 Å². The zero-order valence-corrected chi connectivity index (χ0v) is 12.1. The monoisotopic (exact) mass is 300 g/mol. The molecule has 0 spiro atoms. The van der Waals surface area contributed by atoms with Gasteiger partial charge in [-0.2, -0.15) is 0 Å². The zero-order valence-electron chi connectivity index (χ0n) is 11.3. The van der Waals surface area contributed by atoms with Gasteiger partial charge in [0, 0.05) is 16.0 Å². The number of anilines is 1. The lowest BCUT2D eigenvalue weighted by Gasteiger charge is -2.12. The van der Waals surface area contributed by atoms with Crippen LogP contribution in [0.5, 0.6) is 5.75 Å². The molecule has 2 aromatic carbocycles. The van der Waals surface area contributed by atoms with Crippen LogP contribution in [0.3, 0.4) is 0 Å². The molecule has 1 aromatic heterocycles. The van der Waals surface area contributed by atoms with Crippen LogP contribution in [-0.2, 0) is 0 Å². The molecule has 4 nitrogen and oxygen atoms in total. The van der Waals surface area contributed by atoms with Gasteiger partial charge in [-0.05, 0) is 24.3 Å². The van der Waals surface area contributed by atoms with Crippen molar-refractivity contribution in [2.24, 2.45) is 0 Å². The topological polar surface area (TPSA) is 68.1 Å². The fourth-order valence-corrected chi connectivity index (χ4v) is 2.59. The molecule has 0 unspecified atom stereocenters. The number of fused-ring (bicyclic) bond motifs is 1. The highest BCUT2D eigenvalue weighted by Crippen LogP contribution is 2.34. The van der Waals surface area contributed by atoms with E-state index in [2.05, 4.69) is 4.98 Å². The predicted molar refractivity (Wildman–Crippen MR) is 86.0 cm³/mol. The van der Waals surface area contributed by atoms with Crippen molar-refractivity contribution >= 4 is 28.2 Å². The third-order valence-corrected chi connectivity index (χ3v) is 3.63. The molecule has 0 radical (unpaired) electrons. The molecule has 1 heterocycles. The first-order valence-electron chi connectivity index (χ1n) is 6.36. The largest absolute Gasteiger partial charge is 0.496 e. The van der Waals surface area contributed by atoms with E-state index in [0.29, 0.717) is 33.1 Å². The number of pyridine rings is 1. The van der Waals surface area contributed by atoms with Crippen molar-refractivity contribution in [3.63, 3.8) is 0 Å². The number of aromatic amines is 1. The van der Waals surface area contributed by atoms with E-state index < -0.39 is 0 Å². The lowest BCUT2D eigenvalue weighted by Crippen LogP contribution is -2.13. The lowest BCUT2D eigenvalue weighted by atomic mass is 10.0. The molecule has 0 bridgehead atoms. The number of hydrogen-bond donors (Lipinski definition) is 2. The van der Waals surface area contributed by atoms with Gasteiger partial charge < -0.3 is 15.5 Å². The fourth-order valence-electron chi connectivity index (χ4n) is 2.42. The minimum absolute atomic E-state index is 0.272. The Morgan fingerprint density at radius 1 is 1.19 bits per heavy atom. The maximum absolute atomic E-state index is 12.4. The molecule has 0 aliphatic rings. The van der Waals surface area contributed by atoms with Gasteiger partial charge in [0.25, 0.3) is 5.56 Å². The first-order chi connectivity index (χ1) is 10.1. The quantitative estimate of drug-likeness (QED) is 0.762. The maximum Gasteiger partial charge on any atom is 0.258 e. The average Bonchev–Trinajstić information content (AvgIpc) is 2.47. The van der Waals surface area contributed by atoms with E-state index >= 15 is 0 Å². The standard InChI is InChI=1S/C16H13ClN2O2/c1-21-13-5-3-2-4-11(13)14-15(18)10-7-6-9(17)8-12(10)19-16(14)20/h2-8H,1H3,(H3,18,19,20). The van der Waals surface area contributed by atoms with Crippen LogP contribution in [-0.4, -0.2) is 12.1 Å². The van der Waals surface area contributed by atoms with Crippen molar-refractivity contribution in [2.75, 3.05) is 12.8 Å². The molecule has 3 rings (SSSR count). The van der Waals surface area contributed by atoms with E-state index in [1.54, 1.807) is 31.4 Å². The van der Waals surface area contributed by atoms with Crippen LogP contribution < -0.4 is 16.0 Å². The molecule has 3 N–H and O–H groups in total. The number of H-pyrrole nitrogens is 1. The van der Waals surface area contributed by atoms with Gasteiger partial charge in [0.2, 0.25) is 0 Å². The zero-order chi connectivity index (χ0) is 15.0. The number of nitrogens with two attached hydrogens (primary N) is 1. The summed E-state index contributed by atoms with van der Waals surface area (Å²) in [4.78, 5) is 15.2. The normalized spacial score (nSPS) is 10.8. The molecule has 3 aromatic rings. The van der Waals surface area contributed by atoms with Crippen LogP contribution in [0.4, 0.5) is 5.69 Å². The smallest absolute Gasteiger partial charge is 0.258 e. The first kappa shape index (κ1) is 13.5. The third-order valence-electron chi connectivity index (χ3n) is 3.39. The molecule has 21 heavy (non-hydrogen) atoms. The van der Waals surface area contributed by atoms with E-state index in [1.165, 1.54) is 0 Å². The Labute approximate surface area is 126 Å². The summed E-state index contributed by atoms with van der Waals surface area (Å²) in [5.74, 6) is 0.600. The van der Waals surface area contributed by atoms with Gasteiger partial charge in [-0.1, -0.05) is 29.8 Å². The lowest BCUT2D eigenvalue weighted by molar-refractivity contribution is 0.416. The average molecular weight is 301 g/mol. The molecule has 5 heteroatoms. The SMILES string of the molecule is COc1ccccc1-c1c(N)c2ccc(Cl)cc2[nH]c1=O. The fraction of sp³-hybridized carbons (Fsp3) is 0.0625. The Bertz CT molecular complexity index is 887. The Morgan fingerprint density at radius 3 is 2.71 bits per heavy atom. The summed E-state index contributed by atoms with van der Waals surface area (Å²) in [5.41, 5.74) is 8.03. The molecule has 106 valence electrons. The number of aromatic nitrogens is 1. The summed E-state index contributed by atoms with van der Waals surface area (Å²) in [7, 11) is 1.56. The number of benzene rings is 2. The highest BCUT2D eigenvalue weighted by molar-refractivity contribution is 6.31. The summed E-state index contributed by atoms with van der Waals surface area (Å²) < 4.78 is 5.31. The van der Waals surface area contributed by atoms with Crippen molar-refractivity contribution in [2.45, 2.75) is 0 Å². The first-order valence-corrected chi connectivity index (χ1v) is 6.74. The van der Waals surface area contributed by atoms with Gasteiger partial charge in [0.05, 0.1) is 23.9 Å². The van der Waals surface area contributed by atoms with Gasteiger partial charge in [-0.25, -0.2) is 0 Å². The molecule has 0 fully saturated rings. The van der Waals surface area contributed by atoms with Crippen molar-refractivity contribution in [1.29, 1.82) is 0 Å². The van der Waals surface area contributed by atoms with Crippen LogP contribution in [0.1, 0.15) is 0 Å². The van der Waals surface area contributed by atoms with Gasteiger partial charge in [-0.15, -0.1) is 0 Å². The number of ether oxygens (including phenoxy) is 1. The van der Waals surface area contributed by atoms with E-state index in [-0.39, 0.29) is 5.56 Å². The maximum atomic E-state index is 12.4. The minimum atomic E-state index is -0.272. The van der Waals surface area contributed by atoms with Crippen LogP contribution in [0.2, 0.25) is 5.02 Å². The minimum Gasteiger partial charge on any atom is -0.496 e. The number of nitrogen functional groups attached to an aromatic ring is 1. The van der Waals surface area contributed by atoms with Gasteiger partial charge >= 0.3 is 0 Å². The molecule has 0 atom stereocenters. The number of rotatable bonds is 2. The Kier molecular flexibility index (Phi) is 3.31. The van der Waals surface area contributed by atoms with Gasteiger partial charge in [0.15, 0.2) is 0 Å². The highest BCUT2D eigenvalue weighted by Gasteiger charge is 2.15. The summed E-state index contributed by atoms with van der Waals surface area (Å²) in [5, 5.41) is 1.29. The van der Waals surface area contributed by atoms with E-state index in [4.69, 9.17) is 22.1 Å². The van der Waals surface area contributed by atoms with Crippen molar-refractivity contribution in [3.05, 3.63) is 57.8 Å². The molecule has 0 aliphatic heterocycles.